The third kappa shape index (κ3) is 6.45. The van der Waals surface area contributed by atoms with Gasteiger partial charge in [-0.3, -0.25) is 0 Å². The highest BCUT2D eigenvalue weighted by atomic mass is 32.2. The van der Waals surface area contributed by atoms with Gasteiger partial charge in [0.1, 0.15) is 12.5 Å². The van der Waals surface area contributed by atoms with E-state index >= 15 is 0 Å². The molecule has 0 radical (unpaired) electrons. The number of halogens is 3. The Morgan fingerprint density at radius 1 is 0.978 bits per heavy atom. The van der Waals surface area contributed by atoms with Crippen molar-refractivity contribution < 1.29 is 35.6 Å². The molecule has 0 N–H and O–H groups in total. The zero-order valence-corrected chi connectivity index (χ0v) is 25.6. The summed E-state index contributed by atoms with van der Waals surface area (Å²) in [6.45, 7) is 4.89. The Morgan fingerprint density at radius 2 is 1.73 bits per heavy atom. The first-order valence-corrected chi connectivity index (χ1v) is 15.0. The Labute approximate surface area is 257 Å². The summed E-state index contributed by atoms with van der Waals surface area (Å²) in [4.78, 5) is 8.39. The molecule has 0 saturated carbocycles. The maximum atomic E-state index is 14.6. The van der Waals surface area contributed by atoms with Gasteiger partial charge in [0.25, 0.3) is 10.0 Å². The van der Waals surface area contributed by atoms with Crippen LogP contribution in [0.5, 0.6) is 0 Å². The van der Waals surface area contributed by atoms with E-state index < -0.39 is 28.6 Å². The average molecular weight is 643 g/mol. The first-order chi connectivity index (χ1) is 21.4. The number of ether oxygens (including phenoxy) is 2. The van der Waals surface area contributed by atoms with Crippen molar-refractivity contribution in [3.8, 4) is 28.2 Å². The van der Waals surface area contributed by atoms with Crippen molar-refractivity contribution >= 4 is 15.8 Å². The Hall–Kier alpha value is -4.60. The molecule has 45 heavy (non-hydrogen) atoms. The van der Waals surface area contributed by atoms with Crippen molar-refractivity contribution in [2.45, 2.75) is 31.8 Å². The van der Waals surface area contributed by atoms with Crippen LogP contribution in [-0.4, -0.2) is 60.4 Å². The SMILES string of the molecule is COCCOCN(c1noc(C)c1C)S(=O)(=O)c1c(C)cccc1-c1ccc(-c2ncccn2)cc1-n1ccc(C(F)(F)F)n1. The molecule has 5 rings (SSSR count). The number of benzene rings is 2. The second-order valence-electron chi connectivity index (χ2n) is 9.97. The lowest BCUT2D eigenvalue weighted by Gasteiger charge is -2.25. The van der Waals surface area contributed by atoms with Gasteiger partial charge < -0.3 is 14.0 Å². The molecule has 5 aromatic rings. The maximum Gasteiger partial charge on any atom is 0.435 e. The van der Waals surface area contributed by atoms with Gasteiger partial charge in [-0.15, -0.1) is 0 Å². The number of nitrogens with zero attached hydrogens (tertiary/aromatic N) is 6. The van der Waals surface area contributed by atoms with Gasteiger partial charge in [0, 0.05) is 48.0 Å². The molecule has 2 aromatic carbocycles. The highest BCUT2D eigenvalue weighted by molar-refractivity contribution is 7.93. The third-order valence-corrected chi connectivity index (χ3v) is 8.92. The smallest absolute Gasteiger partial charge is 0.382 e. The van der Waals surface area contributed by atoms with E-state index in [0.717, 1.165) is 15.1 Å². The van der Waals surface area contributed by atoms with Crippen LogP contribution < -0.4 is 4.31 Å². The van der Waals surface area contributed by atoms with Crippen LogP contribution in [0.25, 0.3) is 28.2 Å². The lowest BCUT2D eigenvalue weighted by Crippen LogP contribution is -2.35. The quantitative estimate of drug-likeness (QED) is 0.131. The minimum atomic E-state index is -4.69. The van der Waals surface area contributed by atoms with E-state index in [2.05, 4.69) is 20.2 Å². The van der Waals surface area contributed by atoms with Crippen molar-refractivity contribution in [3.05, 3.63) is 89.7 Å². The van der Waals surface area contributed by atoms with E-state index in [4.69, 9.17) is 14.0 Å². The van der Waals surface area contributed by atoms with Gasteiger partial charge in [-0.25, -0.2) is 27.4 Å². The molecule has 3 aromatic heterocycles. The fraction of sp³-hybridized carbons (Fsp3) is 0.267. The Kier molecular flexibility index (Phi) is 9.04. The van der Waals surface area contributed by atoms with Gasteiger partial charge >= 0.3 is 6.18 Å². The normalized spacial score (nSPS) is 12.1. The largest absolute Gasteiger partial charge is 0.435 e. The van der Waals surface area contributed by atoms with Crippen molar-refractivity contribution in [3.63, 3.8) is 0 Å². The molecule has 11 nitrogen and oxygen atoms in total. The molecule has 0 unspecified atom stereocenters. The van der Waals surface area contributed by atoms with Gasteiger partial charge in [0.05, 0.1) is 23.8 Å². The average Bonchev–Trinajstić information content (AvgIpc) is 3.64. The lowest BCUT2D eigenvalue weighted by atomic mass is 9.99. The molecular formula is C30H29F3N6O5S. The summed E-state index contributed by atoms with van der Waals surface area (Å²) in [6, 6.07) is 12.2. The second kappa shape index (κ2) is 12.8. The topological polar surface area (TPSA) is 125 Å². The zero-order chi connectivity index (χ0) is 32.4. The number of anilines is 1. The van der Waals surface area contributed by atoms with E-state index in [1.807, 2.05) is 0 Å². The summed E-state index contributed by atoms with van der Waals surface area (Å²) in [7, 11) is -2.94. The molecule has 0 atom stereocenters. The highest BCUT2D eigenvalue weighted by Crippen LogP contribution is 2.39. The summed E-state index contributed by atoms with van der Waals surface area (Å²) in [5, 5.41) is 7.78. The molecule has 236 valence electrons. The molecule has 0 aliphatic carbocycles. The van der Waals surface area contributed by atoms with Crippen LogP contribution in [0.4, 0.5) is 19.0 Å². The maximum absolute atomic E-state index is 14.6. The molecule has 0 aliphatic rings. The fourth-order valence-corrected chi connectivity index (χ4v) is 6.40. The van der Waals surface area contributed by atoms with Gasteiger partial charge in [-0.2, -0.15) is 18.3 Å². The second-order valence-corrected chi connectivity index (χ2v) is 11.8. The summed E-state index contributed by atoms with van der Waals surface area (Å²) in [5.41, 5.74) is 0.934. The number of aromatic nitrogens is 5. The number of methoxy groups -OCH3 is 1. The van der Waals surface area contributed by atoms with Crippen molar-refractivity contribution in [2.75, 3.05) is 31.4 Å². The first kappa shape index (κ1) is 31.8. The molecule has 0 aliphatic heterocycles. The van der Waals surface area contributed by atoms with Crippen LogP contribution >= 0.6 is 0 Å². The number of sulfonamides is 1. The number of alkyl halides is 3. The van der Waals surface area contributed by atoms with Crippen LogP contribution in [0.2, 0.25) is 0 Å². The van der Waals surface area contributed by atoms with E-state index in [1.54, 1.807) is 63.2 Å². The fourth-order valence-electron chi connectivity index (χ4n) is 4.64. The zero-order valence-electron chi connectivity index (χ0n) is 24.7. The summed E-state index contributed by atoms with van der Waals surface area (Å²) in [6.07, 6.45) is -0.458. The Balaban J connectivity index is 1.72. The molecular weight excluding hydrogens is 613 g/mol. The predicted octanol–water partition coefficient (Wildman–Crippen LogP) is 5.74. The number of hydrogen-bond acceptors (Lipinski definition) is 9. The van der Waals surface area contributed by atoms with Crippen molar-refractivity contribution in [2.24, 2.45) is 0 Å². The van der Waals surface area contributed by atoms with Crippen LogP contribution in [0.3, 0.4) is 0 Å². The monoisotopic (exact) mass is 642 g/mol. The number of aryl methyl sites for hydroxylation is 2. The van der Waals surface area contributed by atoms with Crippen LogP contribution in [0.15, 0.2) is 76.5 Å². The number of hydrogen-bond donors (Lipinski definition) is 0. The van der Waals surface area contributed by atoms with Crippen LogP contribution in [0, 0.1) is 20.8 Å². The van der Waals surface area contributed by atoms with Gasteiger partial charge in [-0.1, -0.05) is 35.5 Å². The summed E-state index contributed by atoms with van der Waals surface area (Å²) < 4.78 is 87.9. The molecule has 15 heteroatoms. The molecule has 0 fully saturated rings. The van der Waals surface area contributed by atoms with Gasteiger partial charge in [0.15, 0.2) is 17.3 Å². The third-order valence-electron chi connectivity index (χ3n) is 7.01. The standard InChI is InChI=1S/C30H29F3N6O5S/c1-19-7-5-8-24(27(19)45(40,41)39(18-43-16-15-42-4)29-20(2)21(3)44-37-29)23-10-9-22(28-34-12-6-13-35-28)17-25(23)38-14-11-26(36-38)30(31,32)33/h5-14,17H,15-16,18H2,1-4H3. The summed E-state index contributed by atoms with van der Waals surface area (Å²) >= 11 is 0. The van der Waals surface area contributed by atoms with Gasteiger partial charge in [-0.05, 0) is 44.5 Å². The molecule has 0 saturated heterocycles. The molecule has 0 bridgehead atoms. The lowest BCUT2D eigenvalue weighted by molar-refractivity contribution is -0.141. The first-order valence-electron chi connectivity index (χ1n) is 13.6. The van der Waals surface area contributed by atoms with Crippen LogP contribution in [-0.2, 0) is 25.7 Å². The van der Waals surface area contributed by atoms with E-state index in [9.17, 15) is 21.6 Å². The van der Waals surface area contributed by atoms with E-state index in [1.165, 1.54) is 25.7 Å². The molecule has 3 heterocycles. The minimum absolute atomic E-state index is 0.0396. The molecule has 0 spiro atoms. The summed E-state index contributed by atoms with van der Waals surface area (Å²) in [5.74, 6) is 0.784. The predicted molar refractivity (Wildman–Crippen MR) is 158 cm³/mol. The minimum Gasteiger partial charge on any atom is -0.382 e. The highest BCUT2D eigenvalue weighted by Gasteiger charge is 2.35. The van der Waals surface area contributed by atoms with E-state index in [0.29, 0.717) is 33.8 Å². The van der Waals surface area contributed by atoms with Crippen LogP contribution in [0.1, 0.15) is 22.6 Å². The Morgan fingerprint density at radius 3 is 2.38 bits per heavy atom. The Bertz CT molecular complexity index is 1910. The number of rotatable bonds is 11. The molecule has 0 amide bonds. The van der Waals surface area contributed by atoms with Crippen molar-refractivity contribution in [1.29, 1.82) is 0 Å². The van der Waals surface area contributed by atoms with E-state index in [-0.39, 0.29) is 35.2 Å². The van der Waals surface area contributed by atoms with Crippen molar-refractivity contribution in [1.82, 2.24) is 24.9 Å². The van der Waals surface area contributed by atoms with Gasteiger partial charge in [0.2, 0.25) is 0 Å².